The Morgan fingerprint density at radius 1 is 0.870 bits per heavy atom. The minimum absolute atomic E-state index is 0.0104. The molecule has 0 unspecified atom stereocenters. The van der Waals surface area contributed by atoms with Crippen molar-refractivity contribution in [1.29, 1.82) is 0 Å². The number of carbonyl (C=O) groups is 2. The molecule has 0 radical (unpaired) electrons. The van der Waals surface area contributed by atoms with Crippen molar-refractivity contribution in [2.45, 2.75) is 19.4 Å². The maximum absolute atomic E-state index is 11.9. The van der Waals surface area contributed by atoms with E-state index in [1.54, 1.807) is 42.5 Å². The molecule has 0 spiro atoms. The van der Waals surface area contributed by atoms with E-state index in [1.807, 2.05) is 0 Å². The molecule has 0 aliphatic rings. The lowest BCUT2D eigenvalue weighted by Gasteiger charge is -2.08. The zero-order valence-corrected chi connectivity index (χ0v) is 14.3. The summed E-state index contributed by atoms with van der Waals surface area (Å²) in [6.07, 6.45) is 0.0558. The number of benzene rings is 2. The third-order valence-corrected chi connectivity index (χ3v) is 4.12. The van der Waals surface area contributed by atoms with E-state index in [4.69, 9.17) is 39.5 Å². The largest absolute Gasteiger partial charge is 0.461 e. The minimum Gasteiger partial charge on any atom is -0.461 e. The fraction of sp³-hybridized carbons (Fsp3) is 0.176. The summed E-state index contributed by atoms with van der Waals surface area (Å²) < 4.78 is 5.11. The molecule has 0 fully saturated rings. The Kier molecular flexibility index (Phi) is 6.46. The summed E-state index contributed by atoms with van der Waals surface area (Å²) in [6.45, 7) is -0.0214. The van der Waals surface area contributed by atoms with Crippen molar-refractivity contribution in [3.8, 4) is 0 Å². The summed E-state index contributed by atoms with van der Waals surface area (Å²) in [6, 6.07) is 11.6. The Morgan fingerprint density at radius 2 is 1.48 bits per heavy atom. The lowest BCUT2D eigenvalue weighted by molar-refractivity contribution is -0.144. The molecule has 23 heavy (non-hydrogen) atoms. The maximum Gasteiger partial charge on any atom is 0.306 e. The first-order chi connectivity index (χ1) is 11.0. The SMILES string of the molecule is O=C(CCC(=O)c1ccc(Cl)cc1)OCc1c(Cl)cccc1Cl. The lowest BCUT2D eigenvalue weighted by atomic mass is 10.1. The van der Waals surface area contributed by atoms with Gasteiger partial charge >= 0.3 is 5.97 Å². The van der Waals surface area contributed by atoms with Crippen LogP contribution in [0.2, 0.25) is 15.1 Å². The molecular formula is C17H13Cl3O3. The number of ether oxygens (including phenoxy) is 1. The molecule has 0 aliphatic heterocycles. The van der Waals surface area contributed by atoms with Crippen molar-refractivity contribution in [2.24, 2.45) is 0 Å². The normalized spacial score (nSPS) is 10.4. The van der Waals surface area contributed by atoms with E-state index < -0.39 is 5.97 Å². The predicted octanol–water partition coefficient (Wildman–Crippen LogP) is 5.35. The molecule has 0 N–H and O–H groups in total. The Balaban J connectivity index is 1.83. The van der Waals surface area contributed by atoms with E-state index >= 15 is 0 Å². The van der Waals surface area contributed by atoms with Crippen LogP contribution < -0.4 is 0 Å². The van der Waals surface area contributed by atoms with E-state index in [9.17, 15) is 9.59 Å². The number of halogens is 3. The summed E-state index contributed by atoms with van der Waals surface area (Å²) >= 11 is 17.7. The fourth-order valence-corrected chi connectivity index (χ4v) is 2.52. The monoisotopic (exact) mass is 370 g/mol. The Labute approximate surface area is 149 Å². The molecule has 2 aromatic carbocycles. The van der Waals surface area contributed by atoms with Crippen LogP contribution in [-0.4, -0.2) is 11.8 Å². The molecule has 0 amide bonds. The first-order valence-corrected chi connectivity index (χ1v) is 7.98. The number of hydrogen-bond donors (Lipinski definition) is 0. The van der Waals surface area contributed by atoms with E-state index in [0.717, 1.165) is 0 Å². The molecule has 0 heterocycles. The summed E-state index contributed by atoms with van der Waals surface area (Å²) in [5.41, 5.74) is 1.06. The van der Waals surface area contributed by atoms with Crippen molar-refractivity contribution in [1.82, 2.24) is 0 Å². The minimum atomic E-state index is -0.483. The van der Waals surface area contributed by atoms with E-state index in [0.29, 0.717) is 26.2 Å². The average Bonchev–Trinajstić information content (AvgIpc) is 2.53. The zero-order chi connectivity index (χ0) is 16.8. The number of hydrogen-bond acceptors (Lipinski definition) is 3. The zero-order valence-electron chi connectivity index (χ0n) is 12.0. The maximum atomic E-state index is 11.9. The van der Waals surface area contributed by atoms with Gasteiger partial charge in [0.2, 0.25) is 0 Å². The molecule has 0 atom stereocenters. The highest BCUT2D eigenvalue weighted by Crippen LogP contribution is 2.25. The van der Waals surface area contributed by atoms with Crippen molar-refractivity contribution >= 4 is 46.6 Å². The molecule has 3 nitrogen and oxygen atoms in total. The Hall–Kier alpha value is -1.55. The average molecular weight is 372 g/mol. The second-order valence-corrected chi connectivity index (χ2v) is 6.04. The van der Waals surface area contributed by atoms with E-state index in [2.05, 4.69) is 0 Å². The van der Waals surface area contributed by atoms with Crippen molar-refractivity contribution in [2.75, 3.05) is 0 Å². The van der Waals surface area contributed by atoms with Gasteiger partial charge in [-0.05, 0) is 36.4 Å². The standard InChI is InChI=1S/C17H13Cl3O3/c18-12-6-4-11(5-7-12)16(21)8-9-17(22)23-10-13-14(19)2-1-3-15(13)20/h1-7H,8-10H2. The van der Waals surface area contributed by atoms with Crippen molar-refractivity contribution in [3.05, 3.63) is 68.7 Å². The summed E-state index contributed by atoms with van der Waals surface area (Å²) in [5.74, 6) is -0.627. The fourth-order valence-electron chi connectivity index (χ4n) is 1.89. The second kappa shape index (κ2) is 8.34. The first kappa shape index (κ1) is 17.8. The van der Waals surface area contributed by atoms with E-state index in [-0.39, 0.29) is 25.2 Å². The molecule has 2 aromatic rings. The van der Waals surface area contributed by atoms with Gasteiger partial charge in [-0.25, -0.2) is 0 Å². The third-order valence-electron chi connectivity index (χ3n) is 3.16. The van der Waals surface area contributed by atoms with Gasteiger partial charge in [-0.2, -0.15) is 0 Å². The van der Waals surface area contributed by atoms with Gasteiger partial charge in [0.25, 0.3) is 0 Å². The van der Waals surface area contributed by atoms with Gasteiger partial charge in [0, 0.05) is 32.6 Å². The van der Waals surface area contributed by atoms with Gasteiger partial charge in [0.15, 0.2) is 5.78 Å². The molecule has 0 aromatic heterocycles. The number of esters is 1. The van der Waals surface area contributed by atoms with Crippen LogP contribution in [0.15, 0.2) is 42.5 Å². The molecule has 0 bridgehead atoms. The van der Waals surface area contributed by atoms with Crippen LogP contribution in [0.1, 0.15) is 28.8 Å². The molecule has 0 saturated heterocycles. The highest BCUT2D eigenvalue weighted by Gasteiger charge is 2.12. The molecule has 0 aliphatic carbocycles. The van der Waals surface area contributed by atoms with Crippen LogP contribution in [0, 0.1) is 0 Å². The summed E-state index contributed by atoms with van der Waals surface area (Å²) in [5, 5.41) is 1.42. The highest BCUT2D eigenvalue weighted by atomic mass is 35.5. The van der Waals surface area contributed by atoms with Gasteiger partial charge in [-0.1, -0.05) is 40.9 Å². The molecular weight excluding hydrogens is 359 g/mol. The van der Waals surface area contributed by atoms with Crippen molar-refractivity contribution in [3.63, 3.8) is 0 Å². The van der Waals surface area contributed by atoms with Gasteiger partial charge in [-0.15, -0.1) is 0 Å². The van der Waals surface area contributed by atoms with Crippen LogP contribution in [0.3, 0.4) is 0 Å². The second-order valence-electron chi connectivity index (χ2n) is 4.79. The van der Waals surface area contributed by atoms with Crippen LogP contribution in [0.4, 0.5) is 0 Å². The van der Waals surface area contributed by atoms with Gasteiger partial charge < -0.3 is 4.74 Å². The van der Waals surface area contributed by atoms with Gasteiger partial charge in [0.1, 0.15) is 6.61 Å². The summed E-state index contributed by atoms with van der Waals surface area (Å²) in [4.78, 5) is 23.7. The molecule has 6 heteroatoms. The summed E-state index contributed by atoms with van der Waals surface area (Å²) in [7, 11) is 0. The van der Waals surface area contributed by atoms with Crippen LogP contribution in [-0.2, 0) is 16.1 Å². The van der Waals surface area contributed by atoms with Gasteiger partial charge in [0.05, 0.1) is 6.42 Å². The smallest absolute Gasteiger partial charge is 0.306 e. The van der Waals surface area contributed by atoms with E-state index in [1.165, 1.54) is 0 Å². The van der Waals surface area contributed by atoms with Crippen LogP contribution in [0.5, 0.6) is 0 Å². The third kappa shape index (κ3) is 5.24. The van der Waals surface area contributed by atoms with Crippen LogP contribution >= 0.6 is 34.8 Å². The topological polar surface area (TPSA) is 43.4 Å². The highest BCUT2D eigenvalue weighted by molar-refractivity contribution is 6.36. The number of rotatable bonds is 6. The predicted molar refractivity (Wildman–Crippen MR) is 91.3 cm³/mol. The number of Topliss-reactive ketones (excluding diaryl/α,β-unsaturated/α-hetero) is 1. The van der Waals surface area contributed by atoms with Gasteiger partial charge in [-0.3, -0.25) is 9.59 Å². The number of ketones is 1. The quantitative estimate of drug-likeness (QED) is 0.507. The lowest BCUT2D eigenvalue weighted by Crippen LogP contribution is -2.08. The van der Waals surface area contributed by atoms with Crippen LogP contribution in [0.25, 0.3) is 0 Å². The first-order valence-electron chi connectivity index (χ1n) is 6.84. The Morgan fingerprint density at radius 3 is 2.09 bits per heavy atom. The molecule has 120 valence electrons. The Bertz CT molecular complexity index is 691. The van der Waals surface area contributed by atoms with Crippen molar-refractivity contribution < 1.29 is 14.3 Å². The molecule has 0 saturated carbocycles. The number of carbonyl (C=O) groups excluding carboxylic acids is 2. The molecule has 2 rings (SSSR count).